The number of hydrogen-bond donors (Lipinski definition) is 1. The molecule has 3 rings (SSSR count). The van der Waals surface area contributed by atoms with E-state index in [0.717, 1.165) is 19.4 Å². The van der Waals surface area contributed by atoms with Crippen LogP contribution in [0.5, 0.6) is 5.75 Å². The summed E-state index contributed by atoms with van der Waals surface area (Å²) in [7, 11) is -2.41. The fourth-order valence-corrected chi connectivity index (χ4v) is 3.95. The monoisotopic (exact) mass is 495 g/mol. The number of ketones is 1. The highest BCUT2D eigenvalue weighted by Crippen LogP contribution is 2.39. The van der Waals surface area contributed by atoms with Gasteiger partial charge < -0.3 is 4.74 Å². The predicted octanol–water partition coefficient (Wildman–Crippen LogP) is 5.41. The highest BCUT2D eigenvalue weighted by molar-refractivity contribution is 7.92. The zero-order valence-electron chi connectivity index (χ0n) is 26.8. The third kappa shape index (κ3) is 6.33. The molecule has 0 aliphatic heterocycles. The second-order valence-corrected chi connectivity index (χ2v) is 9.53. The van der Waals surface area contributed by atoms with Gasteiger partial charge in [0.25, 0.3) is 0 Å². The summed E-state index contributed by atoms with van der Waals surface area (Å²) in [5.74, 6) is -0.762. The number of aromatic nitrogens is 1. The minimum atomic E-state index is -3.59. The van der Waals surface area contributed by atoms with Crippen molar-refractivity contribution in [3.05, 3.63) is 70.0 Å². The van der Waals surface area contributed by atoms with E-state index in [1.54, 1.807) is 0 Å². The molecule has 1 heterocycles. The molecule has 1 aromatic heterocycles. The molecular weight excluding hydrogens is 460 g/mol. The van der Waals surface area contributed by atoms with E-state index in [4.69, 9.17) is 28.7 Å². The van der Waals surface area contributed by atoms with E-state index in [1.807, 2.05) is 0 Å². The standard InChI is InChI=1S/C25H27ClN2O4S/c1-25(2,3)22-13-17(21-14-18(26)7-11-23(21)29)12-16(24(22)32-4)6-8-19-9-10-20(15-27-19)28-33(5,30)31/h6-10,12-15,28H,11H2,1-5H3/b8-6+/i1D3,2D3,3D3. The number of methoxy groups -OCH3 is 1. The minimum absolute atomic E-state index is 0.0194. The largest absolute Gasteiger partial charge is 0.496 e. The highest BCUT2D eigenvalue weighted by Gasteiger charge is 2.24. The molecule has 33 heavy (non-hydrogen) atoms. The van der Waals surface area contributed by atoms with Crippen LogP contribution in [0.4, 0.5) is 5.69 Å². The number of Topliss-reactive ketones (excluding diaryl/α,β-unsaturated/α-hetero) is 1. The molecular formula is C25H27ClN2O4S. The maximum atomic E-state index is 12.9. The van der Waals surface area contributed by atoms with Crippen LogP contribution >= 0.6 is 11.6 Å². The number of nitrogens with one attached hydrogen (secondary N) is 1. The maximum Gasteiger partial charge on any atom is 0.229 e. The number of allylic oxidation sites excluding steroid dienone is 4. The molecule has 0 fully saturated rings. The number of halogens is 1. The average molecular weight is 496 g/mol. The molecule has 174 valence electrons. The summed E-state index contributed by atoms with van der Waals surface area (Å²) in [4.78, 5) is 17.0. The van der Waals surface area contributed by atoms with Gasteiger partial charge >= 0.3 is 0 Å². The van der Waals surface area contributed by atoms with Gasteiger partial charge in [-0.2, -0.15) is 0 Å². The number of anilines is 1. The molecule has 2 aromatic rings. The van der Waals surface area contributed by atoms with Gasteiger partial charge in [0.2, 0.25) is 10.0 Å². The third-order valence-electron chi connectivity index (χ3n) is 4.63. The number of hydrogen-bond acceptors (Lipinski definition) is 5. The van der Waals surface area contributed by atoms with Crippen LogP contribution in [0.3, 0.4) is 0 Å². The molecule has 0 unspecified atom stereocenters. The molecule has 0 saturated carbocycles. The van der Waals surface area contributed by atoms with Crippen LogP contribution < -0.4 is 9.46 Å². The second-order valence-electron chi connectivity index (χ2n) is 7.35. The lowest BCUT2D eigenvalue weighted by molar-refractivity contribution is -0.113. The number of sulfonamides is 1. The molecule has 0 radical (unpaired) electrons. The first-order valence-corrected chi connectivity index (χ1v) is 11.8. The summed E-state index contributed by atoms with van der Waals surface area (Å²) in [6.07, 6.45) is 7.74. The van der Waals surface area contributed by atoms with Crippen molar-refractivity contribution in [3.63, 3.8) is 0 Å². The average Bonchev–Trinajstić information content (AvgIpc) is 2.81. The molecule has 1 aliphatic rings. The molecule has 8 heteroatoms. The van der Waals surface area contributed by atoms with E-state index >= 15 is 0 Å². The van der Waals surface area contributed by atoms with Crippen molar-refractivity contribution in [2.75, 3.05) is 18.1 Å². The first-order valence-electron chi connectivity index (χ1n) is 14.1. The van der Waals surface area contributed by atoms with Crippen molar-refractivity contribution in [1.29, 1.82) is 0 Å². The van der Waals surface area contributed by atoms with Gasteiger partial charge in [0.05, 0.1) is 30.9 Å². The van der Waals surface area contributed by atoms with Crippen molar-refractivity contribution in [2.45, 2.75) is 32.4 Å². The molecule has 0 bridgehead atoms. The van der Waals surface area contributed by atoms with Gasteiger partial charge in [0.15, 0.2) is 5.78 Å². The first-order chi connectivity index (χ1) is 19.1. The number of benzene rings is 1. The Morgan fingerprint density at radius 2 is 2.00 bits per heavy atom. The Bertz CT molecular complexity index is 1540. The Labute approximate surface area is 212 Å². The number of carbonyl (C=O) groups is 1. The molecule has 0 atom stereocenters. The number of nitrogens with zero attached hydrogens (tertiary/aromatic N) is 1. The van der Waals surface area contributed by atoms with E-state index in [0.29, 0.717) is 5.69 Å². The number of pyridine rings is 1. The fraction of sp³-hybridized carbons (Fsp3) is 0.280. The summed E-state index contributed by atoms with van der Waals surface area (Å²) in [5.41, 5.74) is -3.49. The van der Waals surface area contributed by atoms with Gasteiger partial charge in [-0.15, -0.1) is 0 Å². The van der Waals surface area contributed by atoms with Gasteiger partial charge in [-0.3, -0.25) is 14.5 Å². The molecule has 1 N–H and O–H groups in total. The Morgan fingerprint density at radius 3 is 2.61 bits per heavy atom. The van der Waals surface area contributed by atoms with Gasteiger partial charge in [0, 0.05) is 40.5 Å². The first kappa shape index (κ1) is 15.1. The van der Waals surface area contributed by atoms with Crippen molar-refractivity contribution in [1.82, 2.24) is 4.98 Å². The van der Waals surface area contributed by atoms with Crippen molar-refractivity contribution >= 4 is 50.8 Å². The lowest BCUT2D eigenvalue weighted by Gasteiger charge is -2.25. The van der Waals surface area contributed by atoms with Crippen molar-refractivity contribution in [2.24, 2.45) is 0 Å². The topological polar surface area (TPSA) is 85.4 Å². The summed E-state index contributed by atoms with van der Waals surface area (Å²) in [6, 6.07) is 5.37. The van der Waals surface area contributed by atoms with Crippen LogP contribution in [-0.2, 0) is 20.2 Å². The molecule has 0 amide bonds. The Kier molecular flexibility index (Phi) is 4.36. The predicted molar refractivity (Wildman–Crippen MR) is 135 cm³/mol. The molecule has 0 spiro atoms. The quantitative estimate of drug-likeness (QED) is 0.579. The highest BCUT2D eigenvalue weighted by atomic mass is 35.5. The zero-order chi connectivity index (χ0) is 31.9. The lowest BCUT2D eigenvalue weighted by Crippen LogP contribution is -2.15. The van der Waals surface area contributed by atoms with Crippen molar-refractivity contribution < 1.29 is 30.3 Å². The molecule has 1 aliphatic carbocycles. The van der Waals surface area contributed by atoms with Gasteiger partial charge in [0.1, 0.15) is 5.75 Å². The zero-order valence-corrected chi connectivity index (χ0v) is 19.3. The van der Waals surface area contributed by atoms with Crippen LogP contribution in [0.25, 0.3) is 17.7 Å². The van der Waals surface area contributed by atoms with Crippen molar-refractivity contribution in [3.8, 4) is 5.75 Å². The SMILES string of the molecule is [2H]C([2H])([2H])C(c1cc(C2=CC(Cl)=CCC2=O)cc(/C=C/c2ccc(NS(C)(=O)=O)cn2)c1OC)(C([2H])([2H])[2H])C([2H])([2H])[2H]. The summed E-state index contributed by atoms with van der Waals surface area (Å²) in [5, 5.41) is 0.208. The van der Waals surface area contributed by atoms with Crippen LogP contribution in [0.15, 0.2) is 47.6 Å². The van der Waals surface area contributed by atoms with Crippen LogP contribution in [0, 0.1) is 0 Å². The molecule has 0 saturated heterocycles. The Hall–Kier alpha value is -2.90. The molecule has 6 nitrogen and oxygen atoms in total. The number of rotatable bonds is 6. The van der Waals surface area contributed by atoms with E-state index in [2.05, 4.69) is 9.71 Å². The van der Waals surface area contributed by atoms with E-state index in [1.165, 1.54) is 48.7 Å². The van der Waals surface area contributed by atoms with E-state index in [-0.39, 0.29) is 39.6 Å². The normalized spacial score (nSPS) is 20.0. The fourth-order valence-electron chi connectivity index (χ4n) is 3.21. The minimum Gasteiger partial charge on any atom is -0.496 e. The van der Waals surface area contributed by atoms with Crippen LogP contribution in [-0.4, -0.2) is 32.6 Å². The van der Waals surface area contributed by atoms with E-state index < -0.39 is 47.3 Å². The Morgan fingerprint density at radius 1 is 1.24 bits per heavy atom. The smallest absolute Gasteiger partial charge is 0.229 e. The summed E-state index contributed by atoms with van der Waals surface area (Å²) < 4.78 is 105. The van der Waals surface area contributed by atoms with Gasteiger partial charge in [-0.25, -0.2) is 8.42 Å². The van der Waals surface area contributed by atoms with E-state index in [9.17, 15) is 13.2 Å². The second kappa shape index (κ2) is 9.53. The van der Waals surface area contributed by atoms with Gasteiger partial charge in [-0.1, -0.05) is 38.2 Å². The van der Waals surface area contributed by atoms with Crippen LogP contribution in [0.2, 0.25) is 0 Å². The summed E-state index contributed by atoms with van der Waals surface area (Å²) in [6.45, 7) is -10.8. The summed E-state index contributed by atoms with van der Waals surface area (Å²) >= 11 is 6.14. The maximum absolute atomic E-state index is 12.9. The lowest BCUT2D eigenvalue weighted by atomic mass is 9.82. The Balaban J connectivity index is 2.39. The number of ether oxygens (including phenoxy) is 1. The number of carbonyl (C=O) groups excluding carboxylic acids is 1. The van der Waals surface area contributed by atoms with Crippen LogP contribution in [0.1, 0.15) is 61.7 Å². The van der Waals surface area contributed by atoms with Gasteiger partial charge in [-0.05, 0) is 53.5 Å². The molecule has 1 aromatic carbocycles. The third-order valence-corrected chi connectivity index (χ3v) is 5.50.